The van der Waals surface area contributed by atoms with Crippen molar-refractivity contribution in [3.05, 3.63) is 29.3 Å². The molecule has 0 saturated carbocycles. The summed E-state index contributed by atoms with van der Waals surface area (Å²) in [6, 6.07) is 4.85. The highest BCUT2D eigenvalue weighted by Gasteiger charge is 2.30. The molecule has 0 saturated heterocycles. The van der Waals surface area contributed by atoms with Crippen LogP contribution in [-0.4, -0.2) is 18.1 Å². The fourth-order valence-electron chi connectivity index (χ4n) is 1.56. The van der Waals surface area contributed by atoms with Crippen LogP contribution in [0.5, 0.6) is 0 Å². The van der Waals surface area contributed by atoms with Gasteiger partial charge in [-0.05, 0) is 49.2 Å². The molecule has 0 aliphatic carbocycles. The summed E-state index contributed by atoms with van der Waals surface area (Å²) in [5, 5.41) is 0. The van der Waals surface area contributed by atoms with Gasteiger partial charge >= 0.3 is 11.5 Å². The molecule has 6 heteroatoms. The summed E-state index contributed by atoms with van der Waals surface area (Å²) in [7, 11) is 0. The average molecular weight is 292 g/mol. The highest BCUT2D eigenvalue weighted by atomic mass is 32.2. The number of aryl methyl sites for hydroxylation is 2. The zero-order valence-corrected chi connectivity index (χ0v) is 11.5. The standard InChI is InChI=1S/C13H15F3O2S/c1-3-18-12(17)7-6-10-5-4-9(2)8-11(10)19-13(14,15)16/h4-5,8H,3,6-7H2,1-2H3. The van der Waals surface area contributed by atoms with Crippen LogP contribution < -0.4 is 0 Å². The van der Waals surface area contributed by atoms with E-state index in [0.717, 1.165) is 5.56 Å². The largest absolute Gasteiger partial charge is 0.466 e. The zero-order chi connectivity index (χ0) is 14.5. The van der Waals surface area contributed by atoms with Crippen molar-refractivity contribution in [2.75, 3.05) is 6.61 Å². The number of hydrogen-bond acceptors (Lipinski definition) is 3. The lowest BCUT2D eigenvalue weighted by Gasteiger charge is -2.12. The van der Waals surface area contributed by atoms with Gasteiger partial charge in [-0.2, -0.15) is 13.2 Å². The van der Waals surface area contributed by atoms with Gasteiger partial charge in [0.2, 0.25) is 0 Å². The number of ether oxygens (including phenoxy) is 1. The molecule has 0 aliphatic rings. The maximum Gasteiger partial charge on any atom is 0.446 e. The first-order valence-electron chi connectivity index (χ1n) is 5.82. The number of carbonyl (C=O) groups is 1. The summed E-state index contributed by atoms with van der Waals surface area (Å²) in [5.74, 6) is -0.397. The maximum atomic E-state index is 12.4. The Kier molecular flexibility index (Phi) is 5.72. The van der Waals surface area contributed by atoms with Gasteiger partial charge in [0, 0.05) is 11.3 Å². The monoisotopic (exact) mass is 292 g/mol. The molecule has 0 bridgehead atoms. The maximum absolute atomic E-state index is 12.4. The molecule has 0 unspecified atom stereocenters. The summed E-state index contributed by atoms with van der Waals surface area (Å²) >= 11 is -0.146. The average Bonchev–Trinajstić information content (AvgIpc) is 2.26. The second kappa shape index (κ2) is 6.84. The number of thioether (sulfide) groups is 1. The minimum absolute atomic E-state index is 0.0856. The number of rotatable bonds is 5. The molecular formula is C13H15F3O2S. The van der Waals surface area contributed by atoms with Crippen LogP contribution in [0.2, 0.25) is 0 Å². The molecule has 0 N–H and O–H groups in total. The Hall–Kier alpha value is -1.17. The topological polar surface area (TPSA) is 26.3 Å². The van der Waals surface area contributed by atoms with Crippen LogP contribution in [0.15, 0.2) is 23.1 Å². The van der Waals surface area contributed by atoms with Gasteiger partial charge in [-0.25, -0.2) is 0 Å². The van der Waals surface area contributed by atoms with Crippen molar-refractivity contribution in [2.45, 2.75) is 37.1 Å². The highest BCUT2D eigenvalue weighted by Crippen LogP contribution is 2.39. The number of alkyl halides is 3. The molecule has 0 aromatic heterocycles. The Morgan fingerprint density at radius 1 is 1.37 bits per heavy atom. The summed E-state index contributed by atoms with van der Waals surface area (Å²) in [4.78, 5) is 11.4. The van der Waals surface area contributed by atoms with Gasteiger partial charge in [0.05, 0.1) is 6.61 Å². The third-order valence-corrected chi connectivity index (χ3v) is 3.18. The molecule has 0 aliphatic heterocycles. The van der Waals surface area contributed by atoms with E-state index in [2.05, 4.69) is 0 Å². The normalized spacial score (nSPS) is 11.4. The van der Waals surface area contributed by atoms with Crippen LogP contribution in [0.3, 0.4) is 0 Å². The van der Waals surface area contributed by atoms with E-state index in [4.69, 9.17) is 4.74 Å². The molecule has 19 heavy (non-hydrogen) atoms. The molecule has 2 nitrogen and oxygen atoms in total. The van der Waals surface area contributed by atoms with Crippen LogP contribution >= 0.6 is 11.8 Å². The predicted octanol–water partition coefficient (Wildman–Crippen LogP) is 4.10. The van der Waals surface area contributed by atoms with Crippen molar-refractivity contribution in [1.82, 2.24) is 0 Å². The fourth-order valence-corrected chi connectivity index (χ4v) is 2.35. The number of halogens is 3. The second-order valence-electron chi connectivity index (χ2n) is 3.96. The van der Waals surface area contributed by atoms with Crippen molar-refractivity contribution in [2.24, 2.45) is 0 Å². The van der Waals surface area contributed by atoms with Crippen LogP contribution in [0.1, 0.15) is 24.5 Å². The minimum atomic E-state index is -4.33. The smallest absolute Gasteiger partial charge is 0.446 e. The van der Waals surface area contributed by atoms with Crippen molar-refractivity contribution in [1.29, 1.82) is 0 Å². The van der Waals surface area contributed by atoms with Crippen molar-refractivity contribution < 1.29 is 22.7 Å². The zero-order valence-electron chi connectivity index (χ0n) is 10.7. The van der Waals surface area contributed by atoms with Crippen molar-refractivity contribution in [3.8, 4) is 0 Å². The molecule has 0 amide bonds. The van der Waals surface area contributed by atoms with E-state index in [9.17, 15) is 18.0 Å². The van der Waals surface area contributed by atoms with Gasteiger partial charge in [0.1, 0.15) is 0 Å². The highest BCUT2D eigenvalue weighted by molar-refractivity contribution is 8.00. The molecular weight excluding hydrogens is 277 g/mol. The van der Waals surface area contributed by atoms with Gasteiger partial charge in [0.15, 0.2) is 0 Å². The molecule has 0 spiro atoms. The van der Waals surface area contributed by atoms with Gasteiger partial charge in [-0.3, -0.25) is 4.79 Å². The van der Waals surface area contributed by atoms with Gasteiger partial charge in [-0.15, -0.1) is 0 Å². The molecule has 0 heterocycles. The van der Waals surface area contributed by atoms with Crippen molar-refractivity contribution >= 4 is 17.7 Å². The van der Waals surface area contributed by atoms with Gasteiger partial charge in [0.25, 0.3) is 0 Å². The summed E-state index contributed by atoms with van der Waals surface area (Å²) in [6.07, 6.45) is 0.333. The predicted molar refractivity (Wildman–Crippen MR) is 68.0 cm³/mol. The van der Waals surface area contributed by atoms with E-state index in [1.165, 1.54) is 6.07 Å². The van der Waals surface area contributed by atoms with E-state index >= 15 is 0 Å². The third kappa shape index (κ3) is 6.00. The first-order chi connectivity index (χ1) is 8.81. The van der Waals surface area contributed by atoms with E-state index in [1.807, 2.05) is 0 Å². The van der Waals surface area contributed by atoms with Crippen molar-refractivity contribution in [3.63, 3.8) is 0 Å². The van der Waals surface area contributed by atoms with E-state index in [1.54, 1.807) is 26.0 Å². The molecule has 0 radical (unpaired) electrons. The van der Waals surface area contributed by atoms with Crippen LogP contribution in [0.4, 0.5) is 13.2 Å². The van der Waals surface area contributed by atoms with E-state index in [0.29, 0.717) is 5.56 Å². The fraction of sp³-hybridized carbons (Fsp3) is 0.462. The SMILES string of the molecule is CCOC(=O)CCc1ccc(C)cc1SC(F)(F)F. The second-order valence-corrected chi connectivity index (χ2v) is 5.07. The number of hydrogen-bond donors (Lipinski definition) is 0. The molecule has 1 rings (SSSR count). The van der Waals surface area contributed by atoms with Crippen LogP contribution in [0, 0.1) is 6.92 Å². The molecule has 0 fully saturated rings. The summed E-state index contributed by atoms with van der Waals surface area (Å²) < 4.78 is 42.1. The van der Waals surface area contributed by atoms with Crippen LogP contribution in [-0.2, 0) is 16.0 Å². The quantitative estimate of drug-likeness (QED) is 0.603. The molecule has 1 aromatic rings. The first-order valence-corrected chi connectivity index (χ1v) is 6.64. The number of esters is 1. The lowest BCUT2D eigenvalue weighted by molar-refractivity contribution is -0.143. The Morgan fingerprint density at radius 3 is 2.63 bits per heavy atom. The molecule has 1 aromatic carbocycles. The Morgan fingerprint density at radius 2 is 2.05 bits per heavy atom. The number of benzene rings is 1. The van der Waals surface area contributed by atoms with Gasteiger partial charge < -0.3 is 4.74 Å². The lowest BCUT2D eigenvalue weighted by Crippen LogP contribution is -2.07. The first kappa shape index (κ1) is 15.9. The van der Waals surface area contributed by atoms with Gasteiger partial charge in [-0.1, -0.05) is 12.1 Å². The third-order valence-electron chi connectivity index (χ3n) is 2.35. The molecule has 0 atom stereocenters. The summed E-state index contributed by atoms with van der Waals surface area (Å²) in [5.41, 5.74) is -3.06. The minimum Gasteiger partial charge on any atom is -0.466 e. The Bertz CT molecular complexity index is 444. The van der Waals surface area contributed by atoms with E-state index in [-0.39, 0.29) is 36.1 Å². The summed E-state index contributed by atoms with van der Waals surface area (Å²) in [6.45, 7) is 3.70. The molecule has 106 valence electrons. The van der Waals surface area contributed by atoms with Crippen LogP contribution in [0.25, 0.3) is 0 Å². The lowest BCUT2D eigenvalue weighted by atomic mass is 10.1. The van der Waals surface area contributed by atoms with E-state index < -0.39 is 11.5 Å². The Labute approximate surface area is 114 Å². The Balaban J connectivity index is 2.79. The number of carbonyl (C=O) groups excluding carboxylic acids is 1.